The number of pyridine rings is 1. The first-order valence-corrected chi connectivity index (χ1v) is 7.01. The van der Waals surface area contributed by atoms with Gasteiger partial charge < -0.3 is 4.90 Å². The van der Waals surface area contributed by atoms with Gasteiger partial charge in [0.1, 0.15) is 5.82 Å². The highest BCUT2D eigenvalue weighted by atomic mass is 35.5. The van der Waals surface area contributed by atoms with Gasteiger partial charge in [-0.1, -0.05) is 13.8 Å². The lowest BCUT2D eigenvalue weighted by molar-refractivity contribution is 0.551. The average Bonchev–Trinajstić information content (AvgIpc) is 2.63. The molecule has 4 nitrogen and oxygen atoms in total. The third-order valence-corrected chi connectivity index (χ3v) is 4.00. The van der Waals surface area contributed by atoms with Crippen LogP contribution in [0.3, 0.4) is 0 Å². The van der Waals surface area contributed by atoms with Gasteiger partial charge in [0.05, 0.1) is 11.4 Å². The summed E-state index contributed by atoms with van der Waals surface area (Å²) in [7, 11) is 0. The largest absolute Gasteiger partial charge is 0.324 e. The molecule has 104 valence electrons. The molecular weight excluding hydrogens is 272 g/mol. The second-order valence-electron chi connectivity index (χ2n) is 5.91. The Hall–Kier alpha value is -1.68. The van der Waals surface area contributed by atoms with Crippen LogP contribution in [0.25, 0.3) is 0 Å². The molecule has 0 spiro atoms. The first-order chi connectivity index (χ1) is 9.38. The summed E-state index contributed by atoms with van der Waals surface area (Å²) in [5.41, 5.74) is 4.50. The number of fused-ring (bicyclic) bond motifs is 1. The summed E-state index contributed by atoms with van der Waals surface area (Å²) in [6.07, 6.45) is 1.68. The Morgan fingerprint density at radius 1 is 1.25 bits per heavy atom. The van der Waals surface area contributed by atoms with Crippen molar-refractivity contribution in [3.63, 3.8) is 0 Å². The third-order valence-electron chi connectivity index (χ3n) is 3.82. The van der Waals surface area contributed by atoms with E-state index in [1.807, 2.05) is 6.07 Å². The van der Waals surface area contributed by atoms with Crippen LogP contribution in [0.4, 0.5) is 11.5 Å². The molecule has 0 N–H and O–H groups in total. The van der Waals surface area contributed by atoms with Crippen LogP contribution >= 0.6 is 11.6 Å². The van der Waals surface area contributed by atoms with Crippen molar-refractivity contribution in [3.8, 4) is 0 Å². The Morgan fingerprint density at radius 2 is 2.00 bits per heavy atom. The van der Waals surface area contributed by atoms with Crippen molar-refractivity contribution in [2.75, 3.05) is 11.4 Å². The summed E-state index contributed by atoms with van der Waals surface area (Å²) >= 11 is 5.91. The number of halogens is 1. The predicted octanol–water partition coefficient (Wildman–Crippen LogP) is 3.57. The van der Waals surface area contributed by atoms with Crippen LogP contribution in [0.15, 0.2) is 18.3 Å². The van der Waals surface area contributed by atoms with E-state index in [4.69, 9.17) is 16.6 Å². The van der Waals surface area contributed by atoms with Crippen LogP contribution in [0.1, 0.15) is 30.8 Å². The van der Waals surface area contributed by atoms with Crippen molar-refractivity contribution in [1.29, 1.82) is 0 Å². The highest BCUT2D eigenvalue weighted by molar-refractivity contribution is 6.28. The maximum atomic E-state index is 5.91. The molecule has 0 radical (unpaired) electrons. The maximum absolute atomic E-state index is 5.91. The Bertz CT molecular complexity index is 682. The Balaban J connectivity index is 2.17. The molecule has 5 heteroatoms. The maximum Gasteiger partial charge on any atom is 0.224 e. The number of hydrogen-bond donors (Lipinski definition) is 0. The number of aryl methyl sites for hydroxylation is 2. The molecule has 0 aliphatic carbocycles. The molecule has 0 atom stereocenters. The van der Waals surface area contributed by atoms with Gasteiger partial charge in [0, 0.05) is 23.9 Å². The molecule has 1 aliphatic heterocycles. The van der Waals surface area contributed by atoms with E-state index in [1.165, 1.54) is 5.56 Å². The van der Waals surface area contributed by atoms with E-state index >= 15 is 0 Å². The van der Waals surface area contributed by atoms with Gasteiger partial charge in [-0.25, -0.2) is 9.97 Å². The van der Waals surface area contributed by atoms with Crippen molar-refractivity contribution in [1.82, 2.24) is 15.0 Å². The lowest BCUT2D eigenvalue weighted by Crippen LogP contribution is -2.26. The lowest BCUT2D eigenvalue weighted by Gasteiger charge is -2.20. The molecule has 0 bridgehead atoms. The SMILES string of the molecule is Cc1cc2c(nc1C)C(C)(C)CN2c1ccnc(Cl)n1. The molecular formula is C15H17ClN4. The van der Waals surface area contributed by atoms with E-state index in [2.05, 4.69) is 48.6 Å². The van der Waals surface area contributed by atoms with Crippen LogP contribution in [-0.2, 0) is 5.41 Å². The van der Waals surface area contributed by atoms with Crippen LogP contribution in [0.2, 0.25) is 5.28 Å². The minimum Gasteiger partial charge on any atom is -0.324 e. The Morgan fingerprint density at radius 3 is 2.70 bits per heavy atom. The topological polar surface area (TPSA) is 41.9 Å². The summed E-state index contributed by atoms with van der Waals surface area (Å²) in [6, 6.07) is 4.06. The van der Waals surface area contributed by atoms with E-state index in [0.29, 0.717) is 0 Å². The zero-order valence-electron chi connectivity index (χ0n) is 12.1. The van der Waals surface area contributed by atoms with Gasteiger partial charge in [-0.05, 0) is 43.1 Å². The number of aromatic nitrogens is 3. The molecule has 0 unspecified atom stereocenters. The molecule has 3 rings (SSSR count). The fourth-order valence-corrected chi connectivity index (χ4v) is 2.77. The summed E-state index contributed by atoms with van der Waals surface area (Å²) in [5.74, 6) is 0.821. The summed E-state index contributed by atoms with van der Waals surface area (Å²) in [4.78, 5) is 15.2. The standard InChI is InChI=1S/C15H17ClN4/c1-9-7-11-13(18-10(9)2)15(3,4)8-20(11)12-5-6-17-14(16)19-12/h5-7H,8H2,1-4H3. The van der Waals surface area contributed by atoms with Crippen LogP contribution in [-0.4, -0.2) is 21.5 Å². The van der Waals surface area contributed by atoms with E-state index in [1.54, 1.807) is 6.20 Å². The fraction of sp³-hybridized carbons (Fsp3) is 0.400. The molecule has 0 saturated heterocycles. The molecule has 0 aromatic carbocycles. The zero-order valence-corrected chi connectivity index (χ0v) is 12.9. The minimum atomic E-state index is -0.00871. The molecule has 20 heavy (non-hydrogen) atoms. The summed E-state index contributed by atoms with van der Waals surface area (Å²) in [6.45, 7) is 9.38. The molecule has 3 heterocycles. The first kappa shape index (κ1) is 13.3. The average molecular weight is 289 g/mol. The van der Waals surface area contributed by atoms with E-state index in [0.717, 1.165) is 29.4 Å². The van der Waals surface area contributed by atoms with Crippen molar-refractivity contribution in [2.24, 2.45) is 0 Å². The number of nitrogens with zero attached hydrogens (tertiary/aromatic N) is 4. The molecule has 1 aliphatic rings. The second kappa shape index (κ2) is 4.42. The number of rotatable bonds is 1. The Kier molecular flexibility index (Phi) is 2.94. The molecule has 0 amide bonds. The molecule has 2 aromatic heterocycles. The highest BCUT2D eigenvalue weighted by Gasteiger charge is 2.38. The van der Waals surface area contributed by atoms with Gasteiger partial charge in [0.15, 0.2) is 0 Å². The van der Waals surface area contributed by atoms with Gasteiger partial charge in [0.2, 0.25) is 5.28 Å². The predicted molar refractivity (Wildman–Crippen MR) is 80.8 cm³/mol. The van der Waals surface area contributed by atoms with E-state index < -0.39 is 0 Å². The van der Waals surface area contributed by atoms with Gasteiger partial charge >= 0.3 is 0 Å². The van der Waals surface area contributed by atoms with E-state index in [-0.39, 0.29) is 10.7 Å². The molecule has 2 aromatic rings. The quantitative estimate of drug-likeness (QED) is 0.752. The van der Waals surface area contributed by atoms with Gasteiger partial charge in [0.25, 0.3) is 0 Å². The van der Waals surface area contributed by atoms with Crippen molar-refractivity contribution >= 4 is 23.1 Å². The lowest BCUT2D eigenvalue weighted by atomic mass is 9.91. The second-order valence-corrected chi connectivity index (χ2v) is 6.25. The Labute approximate surface area is 123 Å². The van der Waals surface area contributed by atoms with Crippen LogP contribution in [0.5, 0.6) is 0 Å². The third kappa shape index (κ3) is 2.04. The molecule has 0 saturated carbocycles. The van der Waals surface area contributed by atoms with Crippen LogP contribution < -0.4 is 4.90 Å². The zero-order chi connectivity index (χ0) is 14.5. The highest BCUT2D eigenvalue weighted by Crippen LogP contribution is 2.43. The van der Waals surface area contributed by atoms with Gasteiger partial charge in [-0.3, -0.25) is 4.98 Å². The van der Waals surface area contributed by atoms with Crippen molar-refractivity contribution < 1.29 is 0 Å². The van der Waals surface area contributed by atoms with Gasteiger partial charge in [-0.2, -0.15) is 0 Å². The van der Waals surface area contributed by atoms with Crippen molar-refractivity contribution in [2.45, 2.75) is 33.1 Å². The summed E-state index contributed by atoms with van der Waals surface area (Å²) < 4.78 is 0. The monoisotopic (exact) mass is 288 g/mol. The smallest absolute Gasteiger partial charge is 0.224 e. The van der Waals surface area contributed by atoms with Gasteiger partial charge in [-0.15, -0.1) is 0 Å². The normalized spacial score (nSPS) is 16.4. The first-order valence-electron chi connectivity index (χ1n) is 6.63. The fourth-order valence-electron chi connectivity index (χ4n) is 2.63. The molecule has 0 fully saturated rings. The number of hydrogen-bond acceptors (Lipinski definition) is 4. The summed E-state index contributed by atoms with van der Waals surface area (Å²) in [5, 5.41) is 0.269. The van der Waals surface area contributed by atoms with Crippen LogP contribution in [0, 0.1) is 13.8 Å². The van der Waals surface area contributed by atoms with E-state index in [9.17, 15) is 0 Å². The minimum absolute atomic E-state index is 0.00871. The van der Waals surface area contributed by atoms with Crippen molar-refractivity contribution in [3.05, 3.63) is 40.6 Å². The number of anilines is 2.